The van der Waals surface area contributed by atoms with Crippen LogP contribution in [0.2, 0.25) is 0 Å². The monoisotopic (exact) mass is 305 g/mol. The van der Waals surface area contributed by atoms with Gasteiger partial charge in [-0.25, -0.2) is 0 Å². The predicted octanol–water partition coefficient (Wildman–Crippen LogP) is 3.65. The molecule has 0 fully saturated rings. The second-order valence-electron chi connectivity index (χ2n) is 5.51. The minimum absolute atomic E-state index is 0.179. The van der Waals surface area contributed by atoms with Gasteiger partial charge in [0.05, 0.1) is 11.8 Å². The van der Waals surface area contributed by atoms with E-state index in [1.165, 1.54) is 12.8 Å². The Morgan fingerprint density at radius 2 is 1.35 bits per heavy atom. The van der Waals surface area contributed by atoms with Crippen molar-refractivity contribution >= 4 is 8.80 Å². The maximum absolute atomic E-state index is 6.43. The van der Waals surface area contributed by atoms with E-state index in [4.69, 9.17) is 19.0 Å². The van der Waals surface area contributed by atoms with Gasteiger partial charge in [0.2, 0.25) is 0 Å². The highest BCUT2D eigenvalue weighted by Gasteiger charge is 2.45. The number of nitrogens with two attached hydrogens (primary N) is 1. The smallest absolute Gasteiger partial charge is 0.373 e. The fourth-order valence-corrected chi connectivity index (χ4v) is 4.76. The van der Waals surface area contributed by atoms with E-state index >= 15 is 0 Å². The molecule has 0 bridgehead atoms. The summed E-state index contributed by atoms with van der Waals surface area (Å²) in [7, 11) is -2.73. The highest BCUT2D eigenvalue weighted by Crippen LogP contribution is 2.29. The van der Waals surface area contributed by atoms with Crippen LogP contribution in [0.15, 0.2) is 0 Å². The fraction of sp³-hybridized carbons (Fsp3) is 1.00. The lowest BCUT2D eigenvalue weighted by Crippen LogP contribution is -2.57. The van der Waals surface area contributed by atoms with Crippen LogP contribution >= 0.6 is 0 Å². The van der Waals surface area contributed by atoms with E-state index in [1.54, 1.807) is 0 Å². The molecule has 0 atom stereocenters. The van der Waals surface area contributed by atoms with Crippen molar-refractivity contribution in [3.05, 3.63) is 0 Å². The first-order chi connectivity index (χ1) is 9.51. The summed E-state index contributed by atoms with van der Waals surface area (Å²) in [6, 6.07) is 0. The Kier molecular flexibility index (Phi) is 10.8. The molecule has 0 aromatic heterocycles. The molecule has 5 heteroatoms. The summed E-state index contributed by atoms with van der Waals surface area (Å²) in [4.78, 5) is 0. The SMILES string of the molecule is CCCCC(C)(CCCC)O[Si](CN)(OCC)OCC. The molecule has 0 spiro atoms. The van der Waals surface area contributed by atoms with Gasteiger partial charge in [-0.2, -0.15) is 0 Å². The van der Waals surface area contributed by atoms with E-state index in [-0.39, 0.29) is 5.60 Å². The number of hydrogen-bond acceptors (Lipinski definition) is 4. The highest BCUT2D eigenvalue weighted by atomic mass is 28.4. The molecule has 0 aromatic rings. The molecule has 0 aliphatic rings. The van der Waals surface area contributed by atoms with Crippen LogP contribution in [0.3, 0.4) is 0 Å². The van der Waals surface area contributed by atoms with Gasteiger partial charge >= 0.3 is 8.80 Å². The molecule has 0 aromatic carbocycles. The van der Waals surface area contributed by atoms with Gasteiger partial charge in [-0.15, -0.1) is 0 Å². The summed E-state index contributed by atoms with van der Waals surface area (Å²) >= 11 is 0. The molecule has 20 heavy (non-hydrogen) atoms. The molecular formula is C15H35NO3Si. The largest absolute Gasteiger partial charge is 0.515 e. The number of rotatable bonds is 13. The Labute approximate surface area is 126 Å². The lowest BCUT2D eigenvalue weighted by Gasteiger charge is -2.39. The summed E-state index contributed by atoms with van der Waals surface area (Å²) in [5.74, 6) is 0. The molecule has 0 aliphatic carbocycles. The summed E-state index contributed by atoms with van der Waals surface area (Å²) in [6.07, 6.45) is 7.09. The van der Waals surface area contributed by atoms with E-state index in [0.29, 0.717) is 19.4 Å². The zero-order chi connectivity index (χ0) is 15.5. The van der Waals surface area contributed by atoms with E-state index in [2.05, 4.69) is 20.8 Å². The number of unbranched alkanes of at least 4 members (excludes halogenated alkanes) is 2. The highest BCUT2D eigenvalue weighted by molar-refractivity contribution is 6.61. The first kappa shape index (κ1) is 20.1. The third-order valence-corrected chi connectivity index (χ3v) is 6.26. The standard InChI is InChI=1S/C15H35NO3Si/c1-6-10-12-15(5,13-11-7-2)19-20(14-16,17-8-3)18-9-4/h6-14,16H2,1-5H3. The zero-order valence-corrected chi connectivity index (χ0v) is 15.2. The minimum atomic E-state index is -2.73. The van der Waals surface area contributed by atoms with Crippen molar-refractivity contribution in [2.24, 2.45) is 5.73 Å². The molecule has 0 radical (unpaired) electrons. The lowest BCUT2D eigenvalue weighted by molar-refractivity contribution is -0.0305. The first-order valence-corrected chi connectivity index (χ1v) is 10.1. The van der Waals surface area contributed by atoms with Crippen LogP contribution in [0.4, 0.5) is 0 Å². The summed E-state index contributed by atoms with van der Waals surface area (Å²) < 4.78 is 18.1. The molecule has 4 nitrogen and oxygen atoms in total. The van der Waals surface area contributed by atoms with Gasteiger partial charge < -0.3 is 19.0 Å². The first-order valence-electron chi connectivity index (χ1n) is 8.19. The lowest BCUT2D eigenvalue weighted by atomic mass is 9.93. The molecule has 0 aliphatic heterocycles. The van der Waals surface area contributed by atoms with E-state index in [9.17, 15) is 0 Å². The Balaban J connectivity index is 4.92. The van der Waals surface area contributed by atoms with Crippen LogP contribution in [0, 0.1) is 0 Å². The molecule has 0 rings (SSSR count). The van der Waals surface area contributed by atoms with Crippen molar-refractivity contribution in [3.8, 4) is 0 Å². The predicted molar refractivity (Wildman–Crippen MR) is 86.6 cm³/mol. The van der Waals surface area contributed by atoms with Crippen LogP contribution < -0.4 is 5.73 Å². The van der Waals surface area contributed by atoms with Crippen molar-refractivity contribution in [2.75, 3.05) is 19.4 Å². The second-order valence-corrected chi connectivity index (χ2v) is 8.07. The summed E-state index contributed by atoms with van der Waals surface area (Å²) in [5.41, 5.74) is 5.75. The van der Waals surface area contributed by atoms with E-state index in [1.807, 2.05) is 13.8 Å². The normalized spacial score (nSPS) is 12.9. The van der Waals surface area contributed by atoms with Gasteiger partial charge in [-0.1, -0.05) is 39.5 Å². The van der Waals surface area contributed by atoms with Crippen molar-refractivity contribution < 1.29 is 13.3 Å². The summed E-state index contributed by atoms with van der Waals surface area (Å²) in [6.45, 7) is 11.7. The van der Waals surface area contributed by atoms with Crippen LogP contribution in [0.25, 0.3) is 0 Å². The molecule has 0 saturated heterocycles. The van der Waals surface area contributed by atoms with Gasteiger partial charge in [0.15, 0.2) is 0 Å². The topological polar surface area (TPSA) is 53.7 Å². The van der Waals surface area contributed by atoms with Gasteiger partial charge in [0.25, 0.3) is 0 Å². The maximum Gasteiger partial charge on any atom is 0.515 e. The Hall–Kier alpha value is 0.0569. The average molecular weight is 306 g/mol. The minimum Gasteiger partial charge on any atom is -0.373 e. The van der Waals surface area contributed by atoms with Gasteiger partial charge in [-0.05, 0) is 33.6 Å². The van der Waals surface area contributed by atoms with Crippen molar-refractivity contribution in [1.29, 1.82) is 0 Å². The molecule has 0 amide bonds. The molecular weight excluding hydrogens is 270 g/mol. The van der Waals surface area contributed by atoms with Gasteiger partial charge in [-0.3, -0.25) is 0 Å². The molecule has 0 unspecified atom stereocenters. The van der Waals surface area contributed by atoms with Crippen molar-refractivity contribution in [1.82, 2.24) is 0 Å². The van der Waals surface area contributed by atoms with Crippen LogP contribution in [0.1, 0.15) is 73.1 Å². The van der Waals surface area contributed by atoms with Crippen LogP contribution in [0.5, 0.6) is 0 Å². The molecule has 0 saturated carbocycles. The van der Waals surface area contributed by atoms with Crippen LogP contribution in [-0.2, 0) is 13.3 Å². The molecule has 2 N–H and O–H groups in total. The van der Waals surface area contributed by atoms with E-state index in [0.717, 1.165) is 25.7 Å². The van der Waals surface area contributed by atoms with Crippen molar-refractivity contribution in [2.45, 2.75) is 78.7 Å². The van der Waals surface area contributed by atoms with Gasteiger partial charge in [0, 0.05) is 13.2 Å². The van der Waals surface area contributed by atoms with Crippen molar-refractivity contribution in [3.63, 3.8) is 0 Å². The number of hydrogen-bond donors (Lipinski definition) is 1. The fourth-order valence-electron chi connectivity index (χ4n) is 2.40. The summed E-state index contributed by atoms with van der Waals surface area (Å²) in [5, 5.41) is 0. The van der Waals surface area contributed by atoms with E-state index < -0.39 is 8.80 Å². The molecule has 0 heterocycles. The average Bonchev–Trinajstić information content (AvgIpc) is 2.43. The Morgan fingerprint density at radius 3 is 1.65 bits per heavy atom. The Bertz CT molecular complexity index is 225. The quantitative estimate of drug-likeness (QED) is 0.528. The zero-order valence-electron chi connectivity index (χ0n) is 14.2. The molecule has 122 valence electrons. The third-order valence-electron chi connectivity index (χ3n) is 3.50. The van der Waals surface area contributed by atoms with Gasteiger partial charge in [0.1, 0.15) is 0 Å². The third kappa shape index (κ3) is 7.18. The second kappa shape index (κ2) is 10.7. The van der Waals surface area contributed by atoms with Crippen LogP contribution in [-0.4, -0.2) is 33.8 Å². The Morgan fingerprint density at radius 1 is 0.900 bits per heavy atom. The maximum atomic E-state index is 6.43.